The van der Waals surface area contributed by atoms with Crippen LogP contribution in [0.15, 0.2) is 24.3 Å². The second kappa shape index (κ2) is 7.59. The fourth-order valence-electron chi connectivity index (χ4n) is 2.54. The molecule has 19 heavy (non-hydrogen) atoms. The lowest BCUT2D eigenvalue weighted by atomic mass is 10.0. The number of rotatable bonds is 5. The van der Waals surface area contributed by atoms with Gasteiger partial charge in [-0.1, -0.05) is 43.5 Å². The first-order valence-electron chi connectivity index (χ1n) is 7.05. The van der Waals surface area contributed by atoms with Crippen LogP contribution in [0.1, 0.15) is 43.2 Å². The van der Waals surface area contributed by atoms with Gasteiger partial charge in [0.25, 0.3) is 0 Å². The summed E-state index contributed by atoms with van der Waals surface area (Å²) in [6.07, 6.45) is 7.24. The Morgan fingerprint density at radius 1 is 1.21 bits per heavy atom. The van der Waals surface area contributed by atoms with E-state index in [0.29, 0.717) is 6.42 Å². The first kappa shape index (κ1) is 14.4. The van der Waals surface area contributed by atoms with Gasteiger partial charge in [0.2, 0.25) is 0 Å². The predicted octanol–water partition coefficient (Wildman–Crippen LogP) is 3.97. The molecule has 1 fully saturated rings. The Morgan fingerprint density at radius 3 is 2.58 bits per heavy atom. The molecule has 0 aromatic heterocycles. The molecule has 0 radical (unpaired) electrons. The molecule has 1 saturated carbocycles. The molecule has 1 aromatic carbocycles. The first-order chi connectivity index (χ1) is 9.29. The Kier molecular flexibility index (Phi) is 5.77. The molecule has 0 spiro atoms. The number of carbonyl (C=O) groups is 1. The third-order valence-electron chi connectivity index (χ3n) is 3.71. The molecule has 0 aliphatic heterocycles. The summed E-state index contributed by atoms with van der Waals surface area (Å²) in [6, 6.07) is 8.21. The Morgan fingerprint density at radius 2 is 1.89 bits per heavy atom. The molecule has 104 valence electrons. The zero-order valence-electron chi connectivity index (χ0n) is 11.6. The van der Waals surface area contributed by atoms with Gasteiger partial charge in [-0.3, -0.25) is 4.79 Å². The van der Waals surface area contributed by atoms with Crippen molar-refractivity contribution >= 4 is 17.7 Å². The lowest BCUT2D eigenvalue weighted by molar-refractivity contribution is -0.139. The van der Waals surface area contributed by atoms with Crippen molar-refractivity contribution in [2.45, 2.75) is 49.5 Å². The zero-order valence-corrected chi connectivity index (χ0v) is 12.4. The van der Waals surface area contributed by atoms with Crippen molar-refractivity contribution in [1.82, 2.24) is 0 Å². The highest BCUT2D eigenvalue weighted by atomic mass is 32.2. The lowest BCUT2D eigenvalue weighted by Gasteiger charge is -2.21. The summed E-state index contributed by atoms with van der Waals surface area (Å²) in [5.41, 5.74) is 2.39. The third-order valence-corrected chi connectivity index (χ3v) is 5.13. The van der Waals surface area contributed by atoms with Crippen LogP contribution >= 0.6 is 11.8 Å². The van der Waals surface area contributed by atoms with E-state index in [4.69, 9.17) is 4.74 Å². The average molecular weight is 278 g/mol. The van der Waals surface area contributed by atoms with Gasteiger partial charge >= 0.3 is 5.97 Å². The van der Waals surface area contributed by atoms with E-state index in [0.717, 1.165) is 16.6 Å². The number of hydrogen-bond acceptors (Lipinski definition) is 3. The Bertz CT molecular complexity index is 411. The normalized spacial score (nSPS) is 16.3. The quantitative estimate of drug-likeness (QED) is 0.762. The molecule has 2 nitrogen and oxygen atoms in total. The van der Waals surface area contributed by atoms with Gasteiger partial charge < -0.3 is 4.74 Å². The van der Waals surface area contributed by atoms with E-state index in [9.17, 15) is 4.79 Å². The van der Waals surface area contributed by atoms with Crippen molar-refractivity contribution in [3.8, 4) is 0 Å². The molecule has 0 atom stereocenters. The number of methoxy groups -OCH3 is 1. The number of esters is 1. The lowest BCUT2D eigenvalue weighted by Crippen LogP contribution is -2.10. The summed E-state index contributed by atoms with van der Waals surface area (Å²) in [5, 5.41) is 0.805. The second-order valence-electron chi connectivity index (χ2n) is 5.09. The van der Waals surface area contributed by atoms with Crippen LogP contribution in [0.5, 0.6) is 0 Å². The van der Waals surface area contributed by atoms with Gasteiger partial charge in [0.15, 0.2) is 0 Å². The second-order valence-corrected chi connectivity index (χ2v) is 6.38. The van der Waals surface area contributed by atoms with E-state index in [2.05, 4.69) is 12.1 Å². The van der Waals surface area contributed by atoms with Crippen molar-refractivity contribution in [2.24, 2.45) is 0 Å². The summed E-state index contributed by atoms with van der Waals surface area (Å²) in [6.45, 7) is 0. The highest BCUT2D eigenvalue weighted by Crippen LogP contribution is 2.31. The highest BCUT2D eigenvalue weighted by Gasteiger charge is 2.15. The minimum Gasteiger partial charge on any atom is -0.469 e. The van der Waals surface area contributed by atoms with Crippen LogP contribution in [0.25, 0.3) is 0 Å². The Labute approximate surface area is 119 Å². The molecule has 0 bridgehead atoms. The van der Waals surface area contributed by atoms with E-state index in [-0.39, 0.29) is 5.97 Å². The van der Waals surface area contributed by atoms with Gasteiger partial charge in [0.05, 0.1) is 13.5 Å². The summed E-state index contributed by atoms with van der Waals surface area (Å²) in [7, 11) is 1.45. The van der Waals surface area contributed by atoms with Gasteiger partial charge in [-0.15, -0.1) is 0 Å². The van der Waals surface area contributed by atoms with Crippen LogP contribution in [0.3, 0.4) is 0 Å². The van der Waals surface area contributed by atoms with Crippen LogP contribution in [0.4, 0.5) is 0 Å². The van der Waals surface area contributed by atoms with Crippen LogP contribution < -0.4 is 0 Å². The van der Waals surface area contributed by atoms with Gasteiger partial charge in [0, 0.05) is 11.0 Å². The minimum atomic E-state index is -0.157. The molecule has 1 aliphatic rings. The SMILES string of the molecule is COC(=O)Cc1ccccc1CSC1CCCCC1. The van der Waals surface area contributed by atoms with Crippen LogP contribution in [-0.2, 0) is 21.7 Å². The number of carbonyl (C=O) groups excluding carboxylic acids is 1. The number of thioether (sulfide) groups is 1. The summed E-state index contributed by atoms with van der Waals surface area (Å²) < 4.78 is 4.76. The van der Waals surface area contributed by atoms with Crippen LogP contribution in [0.2, 0.25) is 0 Å². The van der Waals surface area contributed by atoms with Crippen LogP contribution in [-0.4, -0.2) is 18.3 Å². The van der Waals surface area contributed by atoms with Crippen molar-refractivity contribution in [2.75, 3.05) is 7.11 Å². The molecule has 1 aromatic rings. The van der Waals surface area contributed by atoms with E-state index in [1.54, 1.807) is 0 Å². The molecule has 0 heterocycles. The maximum absolute atomic E-state index is 11.4. The smallest absolute Gasteiger partial charge is 0.309 e. The topological polar surface area (TPSA) is 26.3 Å². The molecule has 3 heteroatoms. The number of benzene rings is 1. The molecule has 2 rings (SSSR count). The molecule has 0 saturated heterocycles. The monoisotopic (exact) mass is 278 g/mol. The van der Waals surface area contributed by atoms with Gasteiger partial charge in [-0.25, -0.2) is 0 Å². The summed E-state index contributed by atoms with van der Waals surface area (Å²) in [4.78, 5) is 11.4. The van der Waals surface area contributed by atoms with Gasteiger partial charge in [0.1, 0.15) is 0 Å². The first-order valence-corrected chi connectivity index (χ1v) is 8.09. The van der Waals surface area contributed by atoms with Gasteiger partial charge in [-0.2, -0.15) is 11.8 Å². The van der Waals surface area contributed by atoms with E-state index in [1.807, 2.05) is 23.9 Å². The van der Waals surface area contributed by atoms with Gasteiger partial charge in [-0.05, 0) is 24.0 Å². The predicted molar refractivity (Wildman–Crippen MR) is 80.3 cm³/mol. The number of hydrogen-bond donors (Lipinski definition) is 0. The molecular formula is C16H22O2S. The van der Waals surface area contributed by atoms with E-state index in [1.165, 1.54) is 44.8 Å². The Hall–Kier alpha value is -0.960. The molecule has 0 unspecified atom stereocenters. The fourth-order valence-corrected chi connectivity index (χ4v) is 3.90. The highest BCUT2D eigenvalue weighted by molar-refractivity contribution is 7.99. The van der Waals surface area contributed by atoms with Crippen LogP contribution in [0, 0.1) is 0 Å². The summed E-state index contributed by atoms with van der Waals surface area (Å²) >= 11 is 2.05. The third kappa shape index (κ3) is 4.57. The average Bonchev–Trinajstić information content (AvgIpc) is 2.47. The van der Waals surface area contributed by atoms with Crippen molar-refractivity contribution in [3.05, 3.63) is 35.4 Å². The van der Waals surface area contributed by atoms with Crippen molar-refractivity contribution in [1.29, 1.82) is 0 Å². The molecule has 0 N–H and O–H groups in total. The number of ether oxygens (including phenoxy) is 1. The van der Waals surface area contributed by atoms with Crippen molar-refractivity contribution in [3.63, 3.8) is 0 Å². The fraction of sp³-hybridized carbons (Fsp3) is 0.562. The molecule has 1 aliphatic carbocycles. The Balaban J connectivity index is 1.93. The molecular weight excluding hydrogens is 256 g/mol. The maximum Gasteiger partial charge on any atom is 0.309 e. The zero-order chi connectivity index (χ0) is 13.5. The van der Waals surface area contributed by atoms with E-state index < -0.39 is 0 Å². The largest absolute Gasteiger partial charge is 0.469 e. The van der Waals surface area contributed by atoms with E-state index >= 15 is 0 Å². The van der Waals surface area contributed by atoms with Crippen molar-refractivity contribution < 1.29 is 9.53 Å². The summed E-state index contributed by atoms with van der Waals surface area (Å²) in [5.74, 6) is 0.854. The minimum absolute atomic E-state index is 0.157. The standard InChI is InChI=1S/C16H22O2S/c1-18-16(17)11-13-7-5-6-8-14(13)12-19-15-9-3-2-4-10-15/h5-8,15H,2-4,9-12H2,1H3. The maximum atomic E-state index is 11.4. The molecule has 0 amide bonds.